The van der Waals surface area contributed by atoms with Crippen LogP contribution in [0.15, 0.2) is 28.9 Å². The van der Waals surface area contributed by atoms with E-state index in [4.69, 9.17) is 4.74 Å². The summed E-state index contributed by atoms with van der Waals surface area (Å²) in [5.74, 6) is 0.136. The number of likely N-dealkylation sites (tertiary alicyclic amines) is 1. The molecule has 3 rings (SSSR count). The van der Waals surface area contributed by atoms with Gasteiger partial charge in [-0.05, 0) is 39.5 Å². The predicted octanol–water partition coefficient (Wildman–Crippen LogP) is 2.01. The molecule has 0 radical (unpaired) electrons. The number of methoxy groups -OCH3 is 1. The summed E-state index contributed by atoms with van der Waals surface area (Å²) in [7, 11) is 3.12. The molecule has 10 heteroatoms. The molecule has 168 valence electrons. The van der Waals surface area contributed by atoms with Gasteiger partial charge in [0.05, 0.1) is 23.9 Å². The quantitative estimate of drug-likeness (QED) is 0.659. The van der Waals surface area contributed by atoms with Gasteiger partial charge in [0.1, 0.15) is 23.5 Å². The molecule has 1 aliphatic heterocycles. The first-order valence-corrected chi connectivity index (χ1v) is 10.8. The van der Waals surface area contributed by atoms with Crippen LogP contribution in [0.2, 0.25) is 0 Å². The zero-order chi connectivity index (χ0) is 22.9. The molecule has 0 bridgehead atoms. The minimum Gasteiger partial charge on any atom is -0.496 e. The topological polar surface area (TPSA) is 110 Å². The number of benzene rings is 1. The third-order valence-electron chi connectivity index (χ3n) is 5.39. The number of amides is 2. The van der Waals surface area contributed by atoms with Gasteiger partial charge in [-0.15, -0.1) is 5.10 Å². The van der Waals surface area contributed by atoms with Gasteiger partial charge in [-0.25, -0.2) is 4.68 Å². The second-order valence-corrected chi connectivity index (χ2v) is 9.57. The maximum atomic E-state index is 13.6. The number of aliphatic hydroxyl groups is 1. The van der Waals surface area contributed by atoms with Gasteiger partial charge in [0.2, 0.25) is 11.8 Å². The Kier molecular flexibility index (Phi) is 6.70. The van der Waals surface area contributed by atoms with E-state index in [2.05, 4.69) is 31.6 Å². The predicted molar refractivity (Wildman–Crippen MR) is 118 cm³/mol. The number of aromatic nitrogens is 3. The zero-order valence-corrected chi connectivity index (χ0v) is 19.9. The SMILES string of the molecule is CNC(=O)[C@H]1CC(O)CN1C(=O)C(n1cc(-c2ccc(OC)c(Br)c2)nn1)C(C)(C)C. The Bertz CT molecular complexity index is 971. The van der Waals surface area contributed by atoms with Crippen LogP contribution >= 0.6 is 15.9 Å². The lowest BCUT2D eigenvalue weighted by molar-refractivity contribution is -0.144. The van der Waals surface area contributed by atoms with Gasteiger partial charge in [-0.2, -0.15) is 0 Å². The Morgan fingerprint density at radius 2 is 2.06 bits per heavy atom. The van der Waals surface area contributed by atoms with Crippen LogP contribution < -0.4 is 10.1 Å². The molecule has 31 heavy (non-hydrogen) atoms. The zero-order valence-electron chi connectivity index (χ0n) is 18.3. The Labute approximate surface area is 189 Å². The highest BCUT2D eigenvalue weighted by molar-refractivity contribution is 9.10. The molecule has 2 N–H and O–H groups in total. The molecule has 3 atom stereocenters. The van der Waals surface area contributed by atoms with Gasteiger partial charge >= 0.3 is 0 Å². The van der Waals surface area contributed by atoms with Crippen LogP contribution in [0.4, 0.5) is 0 Å². The van der Waals surface area contributed by atoms with Gasteiger partial charge in [0.15, 0.2) is 0 Å². The first-order chi connectivity index (χ1) is 14.6. The molecule has 2 unspecified atom stereocenters. The Balaban J connectivity index is 1.95. The minimum absolute atomic E-state index is 0.108. The first kappa shape index (κ1) is 23.2. The highest BCUT2D eigenvalue weighted by Gasteiger charge is 2.45. The van der Waals surface area contributed by atoms with Crippen molar-refractivity contribution < 1.29 is 19.4 Å². The maximum Gasteiger partial charge on any atom is 0.248 e. The lowest BCUT2D eigenvalue weighted by Gasteiger charge is -2.34. The molecule has 2 aromatic rings. The smallest absolute Gasteiger partial charge is 0.248 e. The monoisotopic (exact) mass is 493 g/mol. The number of likely N-dealkylation sites (N-methyl/N-ethyl adjacent to an activating group) is 1. The van der Waals surface area contributed by atoms with E-state index in [1.165, 1.54) is 11.9 Å². The molecule has 1 fully saturated rings. The average molecular weight is 494 g/mol. The van der Waals surface area contributed by atoms with Crippen LogP contribution in [0.3, 0.4) is 0 Å². The van der Waals surface area contributed by atoms with Crippen molar-refractivity contribution in [2.24, 2.45) is 5.41 Å². The van der Waals surface area contributed by atoms with Crippen LogP contribution in [0.5, 0.6) is 5.75 Å². The van der Waals surface area contributed by atoms with Gasteiger partial charge in [-0.1, -0.05) is 26.0 Å². The number of nitrogens with zero attached hydrogens (tertiary/aromatic N) is 4. The molecule has 1 aromatic heterocycles. The summed E-state index contributed by atoms with van der Waals surface area (Å²) in [5.41, 5.74) is 0.914. The van der Waals surface area contributed by atoms with Crippen LogP contribution in [-0.4, -0.2) is 69.7 Å². The van der Waals surface area contributed by atoms with Crippen molar-refractivity contribution >= 4 is 27.7 Å². The van der Waals surface area contributed by atoms with E-state index in [-0.39, 0.29) is 24.8 Å². The molecule has 2 heterocycles. The van der Waals surface area contributed by atoms with Gasteiger partial charge in [0.25, 0.3) is 0 Å². The average Bonchev–Trinajstić information content (AvgIpc) is 3.33. The van der Waals surface area contributed by atoms with Crippen LogP contribution in [0.25, 0.3) is 11.3 Å². The highest BCUT2D eigenvalue weighted by atomic mass is 79.9. The summed E-state index contributed by atoms with van der Waals surface area (Å²) >= 11 is 3.47. The number of nitrogens with one attached hydrogen (secondary N) is 1. The molecule has 2 amide bonds. The van der Waals surface area contributed by atoms with E-state index >= 15 is 0 Å². The summed E-state index contributed by atoms with van der Waals surface area (Å²) in [4.78, 5) is 27.3. The van der Waals surface area contributed by atoms with E-state index in [9.17, 15) is 14.7 Å². The number of β-amino-alcohol motifs (C(OH)–C–C–N with tert-alkyl or cyclic N) is 1. The summed E-state index contributed by atoms with van der Waals surface area (Å²) in [5, 5.41) is 21.2. The van der Waals surface area contributed by atoms with Gasteiger partial charge in [-0.3, -0.25) is 9.59 Å². The molecule has 1 aliphatic rings. The third-order valence-corrected chi connectivity index (χ3v) is 6.01. The lowest BCUT2D eigenvalue weighted by Crippen LogP contribution is -2.49. The number of hydrogen-bond donors (Lipinski definition) is 2. The minimum atomic E-state index is -0.741. The van der Waals surface area contributed by atoms with E-state index in [1.807, 2.05) is 39.0 Å². The van der Waals surface area contributed by atoms with Crippen molar-refractivity contribution in [1.29, 1.82) is 0 Å². The molecular formula is C21H28BrN5O4. The van der Waals surface area contributed by atoms with E-state index < -0.39 is 23.6 Å². The van der Waals surface area contributed by atoms with Gasteiger partial charge < -0.3 is 20.1 Å². The largest absolute Gasteiger partial charge is 0.496 e. The van der Waals surface area contributed by atoms with Crippen molar-refractivity contribution in [2.45, 2.75) is 45.4 Å². The van der Waals surface area contributed by atoms with E-state index in [0.717, 1.165) is 10.0 Å². The summed E-state index contributed by atoms with van der Waals surface area (Å²) < 4.78 is 7.59. The van der Waals surface area contributed by atoms with Crippen molar-refractivity contribution in [2.75, 3.05) is 20.7 Å². The van der Waals surface area contributed by atoms with Crippen molar-refractivity contribution in [3.05, 3.63) is 28.9 Å². The van der Waals surface area contributed by atoms with Crippen molar-refractivity contribution in [3.8, 4) is 17.0 Å². The second-order valence-electron chi connectivity index (χ2n) is 8.71. The molecule has 1 saturated heterocycles. The highest BCUT2D eigenvalue weighted by Crippen LogP contribution is 2.35. The standard InChI is InChI=1S/C21H28BrN5O4/c1-21(2,3)18(20(30)26-10-13(28)9-16(26)19(29)23-4)27-11-15(24-25-27)12-6-7-17(31-5)14(22)8-12/h6-8,11,13,16,18,28H,9-10H2,1-5H3,(H,23,29)/t13?,16-,18?/m1/s1. The Morgan fingerprint density at radius 1 is 1.35 bits per heavy atom. The van der Waals surface area contributed by atoms with E-state index in [1.54, 1.807) is 18.0 Å². The molecule has 9 nitrogen and oxygen atoms in total. The fourth-order valence-corrected chi connectivity index (χ4v) is 4.41. The van der Waals surface area contributed by atoms with Gasteiger partial charge in [0, 0.05) is 25.6 Å². The van der Waals surface area contributed by atoms with Crippen molar-refractivity contribution in [3.63, 3.8) is 0 Å². The number of carbonyl (C=O) groups is 2. The molecule has 0 aliphatic carbocycles. The number of carbonyl (C=O) groups excluding carboxylic acids is 2. The normalized spacial score (nSPS) is 19.9. The summed E-state index contributed by atoms with van der Waals surface area (Å²) in [6, 6.07) is 4.15. The van der Waals surface area contributed by atoms with Crippen LogP contribution in [-0.2, 0) is 9.59 Å². The number of aliphatic hydroxyl groups excluding tert-OH is 1. The molecule has 0 spiro atoms. The summed E-state index contributed by atoms with van der Waals surface area (Å²) in [6.07, 6.45) is 1.20. The first-order valence-electron chi connectivity index (χ1n) is 10.0. The molecular weight excluding hydrogens is 466 g/mol. The fourth-order valence-electron chi connectivity index (χ4n) is 3.87. The van der Waals surface area contributed by atoms with Crippen LogP contribution in [0, 0.1) is 5.41 Å². The molecule has 1 aromatic carbocycles. The fraction of sp³-hybridized carbons (Fsp3) is 0.524. The van der Waals surface area contributed by atoms with Crippen LogP contribution in [0.1, 0.15) is 33.2 Å². The summed E-state index contributed by atoms with van der Waals surface area (Å²) in [6.45, 7) is 5.91. The van der Waals surface area contributed by atoms with Crippen molar-refractivity contribution in [1.82, 2.24) is 25.2 Å². The van der Waals surface area contributed by atoms with E-state index in [0.29, 0.717) is 11.4 Å². The molecule has 0 saturated carbocycles. The third kappa shape index (κ3) is 4.74. The number of rotatable bonds is 5. The number of hydrogen-bond acceptors (Lipinski definition) is 6. The maximum absolute atomic E-state index is 13.6. The Hall–Kier alpha value is -2.46. The Morgan fingerprint density at radius 3 is 2.65 bits per heavy atom. The number of ether oxygens (including phenoxy) is 1. The lowest BCUT2D eigenvalue weighted by atomic mass is 9.85. The second kappa shape index (κ2) is 8.96. The number of halogens is 1.